The molecule has 0 aliphatic rings. The number of hydrogen-bond acceptors (Lipinski definition) is 0. The summed E-state index contributed by atoms with van der Waals surface area (Å²) in [6, 6.07) is 3.61. The van der Waals surface area contributed by atoms with Gasteiger partial charge in [-0.25, -0.2) is 0 Å². The van der Waals surface area contributed by atoms with Gasteiger partial charge in [-0.2, -0.15) is 13.2 Å². The Hall–Kier alpha value is -1.16. The fourth-order valence-corrected chi connectivity index (χ4v) is 1.57. The summed E-state index contributed by atoms with van der Waals surface area (Å²) in [6.07, 6.45) is -2.81. The van der Waals surface area contributed by atoms with Crippen LogP contribution in [-0.2, 0) is 6.18 Å². The Morgan fingerprint density at radius 3 is 2.57 bits per heavy atom. The SMILES string of the molecule is FC(F)(F)c1cc(Cl)c2cc[nH]c2c1. The Labute approximate surface area is 82.5 Å². The second kappa shape index (κ2) is 2.92. The van der Waals surface area contributed by atoms with Crippen LogP contribution in [0.3, 0.4) is 0 Å². The normalized spacial score (nSPS) is 12.3. The van der Waals surface area contributed by atoms with Crippen LogP contribution in [0, 0.1) is 0 Å². The second-order valence-electron chi connectivity index (χ2n) is 2.89. The van der Waals surface area contributed by atoms with Crippen LogP contribution in [0.1, 0.15) is 5.56 Å². The van der Waals surface area contributed by atoms with Gasteiger partial charge in [-0.3, -0.25) is 0 Å². The first-order valence-electron chi connectivity index (χ1n) is 3.82. The zero-order valence-electron chi connectivity index (χ0n) is 6.82. The molecule has 0 amide bonds. The Morgan fingerprint density at radius 1 is 1.21 bits per heavy atom. The molecule has 14 heavy (non-hydrogen) atoms. The minimum absolute atomic E-state index is 0.107. The van der Waals surface area contributed by atoms with Crippen molar-refractivity contribution in [2.75, 3.05) is 0 Å². The average molecular weight is 220 g/mol. The number of aromatic nitrogens is 1. The molecular weight excluding hydrogens is 215 g/mol. The van der Waals surface area contributed by atoms with Crippen molar-refractivity contribution in [1.82, 2.24) is 4.98 Å². The molecule has 0 unspecified atom stereocenters. The maximum absolute atomic E-state index is 12.3. The Bertz CT molecular complexity index is 472. The molecule has 74 valence electrons. The van der Waals surface area contributed by atoms with Crippen molar-refractivity contribution >= 4 is 22.5 Å². The fraction of sp³-hybridized carbons (Fsp3) is 0.111. The number of fused-ring (bicyclic) bond motifs is 1. The van der Waals surface area contributed by atoms with Gasteiger partial charge in [0.25, 0.3) is 0 Å². The lowest BCUT2D eigenvalue weighted by atomic mass is 10.1. The van der Waals surface area contributed by atoms with Gasteiger partial charge in [-0.1, -0.05) is 11.6 Å². The quantitative estimate of drug-likeness (QED) is 0.693. The highest BCUT2D eigenvalue weighted by Crippen LogP contribution is 2.34. The van der Waals surface area contributed by atoms with Crippen molar-refractivity contribution in [2.24, 2.45) is 0 Å². The van der Waals surface area contributed by atoms with Crippen molar-refractivity contribution in [1.29, 1.82) is 0 Å². The molecule has 0 fully saturated rings. The molecule has 5 heteroatoms. The number of benzene rings is 1. The highest BCUT2D eigenvalue weighted by atomic mass is 35.5. The average Bonchev–Trinajstić information content (AvgIpc) is 2.50. The van der Waals surface area contributed by atoms with Gasteiger partial charge < -0.3 is 4.98 Å². The van der Waals surface area contributed by atoms with Crippen molar-refractivity contribution in [3.05, 3.63) is 35.0 Å². The van der Waals surface area contributed by atoms with E-state index in [0.717, 1.165) is 12.1 Å². The van der Waals surface area contributed by atoms with Crippen LogP contribution in [0.4, 0.5) is 13.2 Å². The van der Waals surface area contributed by atoms with Gasteiger partial charge in [0.1, 0.15) is 0 Å². The Morgan fingerprint density at radius 2 is 1.93 bits per heavy atom. The van der Waals surface area contributed by atoms with E-state index in [1.807, 2.05) is 0 Å². The first kappa shape index (κ1) is 9.40. The van der Waals surface area contributed by atoms with Crippen molar-refractivity contribution in [3.8, 4) is 0 Å². The highest BCUT2D eigenvalue weighted by Gasteiger charge is 2.31. The van der Waals surface area contributed by atoms with E-state index in [4.69, 9.17) is 11.6 Å². The molecule has 1 heterocycles. The van der Waals surface area contributed by atoms with Crippen LogP contribution in [0.25, 0.3) is 10.9 Å². The molecule has 0 saturated heterocycles. The summed E-state index contributed by atoms with van der Waals surface area (Å²) in [7, 11) is 0. The Kier molecular flexibility index (Phi) is 1.96. The molecule has 1 nitrogen and oxygen atoms in total. The summed E-state index contributed by atoms with van der Waals surface area (Å²) in [4.78, 5) is 2.69. The van der Waals surface area contributed by atoms with Crippen molar-refractivity contribution in [2.45, 2.75) is 6.18 Å². The van der Waals surface area contributed by atoms with E-state index in [0.29, 0.717) is 10.9 Å². The molecule has 0 aliphatic carbocycles. The molecule has 1 aromatic heterocycles. The lowest BCUT2D eigenvalue weighted by Crippen LogP contribution is -2.04. The first-order chi connectivity index (χ1) is 6.48. The highest BCUT2D eigenvalue weighted by molar-refractivity contribution is 6.35. The molecule has 1 aromatic carbocycles. The van der Waals surface area contributed by atoms with Crippen LogP contribution in [-0.4, -0.2) is 4.98 Å². The number of aromatic amines is 1. The summed E-state index contributed by atoms with van der Waals surface area (Å²) in [5.74, 6) is 0. The zero-order chi connectivity index (χ0) is 10.3. The maximum atomic E-state index is 12.3. The van der Waals surface area contributed by atoms with E-state index >= 15 is 0 Å². The number of nitrogens with one attached hydrogen (secondary N) is 1. The van der Waals surface area contributed by atoms with Crippen LogP contribution in [0.15, 0.2) is 24.4 Å². The number of rotatable bonds is 0. The fourth-order valence-electron chi connectivity index (χ4n) is 1.29. The van der Waals surface area contributed by atoms with Gasteiger partial charge in [0.2, 0.25) is 0 Å². The van der Waals surface area contributed by atoms with E-state index in [2.05, 4.69) is 4.98 Å². The Balaban J connectivity index is 2.70. The van der Waals surface area contributed by atoms with Gasteiger partial charge in [0, 0.05) is 17.1 Å². The van der Waals surface area contributed by atoms with Crippen molar-refractivity contribution < 1.29 is 13.2 Å². The van der Waals surface area contributed by atoms with E-state index in [1.54, 1.807) is 12.3 Å². The monoisotopic (exact) mass is 219 g/mol. The van der Waals surface area contributed by atoms with Crippen LogP contribution < -0.4 is 0 Å². The third-order valence-electron chi connectivity index (χ3n) is 1.95. The third kappa shape index (κ3) is 1.46. The minimum Gasteiger partial charge on any atom is -0.361 e. The number of alkyl halides is 3. The first-order valence-corrected chi connectivity index (χ1v) is 4.20. The maximum Gasteiger partial charge on any atom is 0.416 e. The van der Waals surface area contributed by atoms with Gasteiger partial charge in [0.15, 0.2) is 0 Å². The number of halogens is 4. The lowest BCUT2D eigenvalue weighted by Gasteiger charge is -2.07. The van der Waals surface area contributed by atoms with Crippen LogP contribution in [0.2, 0.25) is 5.02 Å². The predicted octanol–water partition coefficient (Wildman–Crippen LogP) is 3.84. The van der Waals surface area contributed by atoms with E-state index in [-0.39, 0.29) is 5.02 Å². The van der Waals surface area contributed by atoms with E-state index in [1.165, 1.54) is 0 Å². The summed E-state index contributed by atoms with van der Waals surface area (Å²) >= 11 is 5.69. The van der Waals surface area contributed by atoms with Gasteiger partial charge in [0.05, 0.1) is 10.6 Å². The summed E-state index contributed by atoms with van der Waals surface area (Å²) in [5.41, 5.74) is -0.345. The van der Waals surface area contributed by atoms with Crippen molar-refractivity contribution in [3.63, 3.8) is 0 Å². The zero-order valence-corrected chi connectivity index (χ0v) is 7.58. The molecule has 0 atom stereocenters. The molecule has 1 N–H and O–H groups in total. The van der Waals surface area contributed by atoms with Crippen LogP contribution >= 0.6 is 11.6 Å². The number of H-pyrrole nitrogens is 1. The number of hydrogen-bond donors (Lipinski definition) is 1. The van der Waals surface area contributed by atoms with Crippen LogP contribution in [0.5, 0.6) is 0 Å². The summed E-state index contributed by atoms with van der Waals surface area (Å²) in [6.45, 7) is 0. The molecule has 0 saturated carbocycles. The summed E-state index contributed by atoms with van der Waals surface area (Å²) < 4.78 is 37.0. The summed E-state index contributed by atoms with van der Waals surface area (Å²) in [5, 5.41) is 0.704. The molecule has 0 spiro atoms. The van der Waals surface area contributed by atoms with Gasteiger partial charge in [-0.15, -0.1) is 0 Å². The smallest absolute Gasteiger partial charge is 0.361 e. The molecule has 0 bridgehead atoms. The second-order valence-corrected chi connectivity index (χ2v) is 3.30. The lowest BCUT2D eigenvalue weighted by molar-refractivity contribution is -0.137. The molecule has 0 aliphatic heterocycles. The molecular formula is C9H5ClF3N. The minimum atomic E-state index is -4.36. The van der Waals surface area contributed by atoms with E-state index in [9.17, 15) is 13.2 Å². The standard InChI is InChI=1S/C9H5ClF3N/c10-7-3-5(9(11,12)13)4-8-6(7)1-2-14-8/h1-4,14H. The predicted molar refractivity (Wildman–Crippen MR) is 48.3 cm³/mol. The molecule has 2 aromatic rings. The molecule has 0 radical (unpaired) electrons. The largest absolute Gasteiger partial charge is 0.416 e. The topological polar surface area (TPSA) is 15.8 Å². The van der Waals surface area contributed by atoms with Gasteiger partial charge >= 0.3 is 6.18 Å². The van der Waals surface area contributed by atoms with Gasteiger partial charge in [-0.05, 0) is 18.2 Å². The van der Waals surface area contributed by atoms with E-state index < -0.39 is 11.7 Å². The third-order valence-corrected chi connectivity index (χ3v) is 2.26. The molecule has 2 rings (SSSR count).